The second-order valence-corrected chi connectivity index (χ2v) is 8.13. The van der Waals surface area contributed by atoms with Gasteiger partial charge < -0.3 is 54.8 Å². The maximum atomic E-state index is 12.8. The van der Waals surface area contributed by atoms with Crippen LogP contribution >= 0.6 is 0 Å². The highest BCUT2D eigenvalue weighted by molar-refractivity contribution is 5.94. The van der Waals surface area contributed by atoms with Gasteiger partial charge in [0.1, 0.15) is 18.1 Å². The van der Waals surface area contributed by atoms with Crippen molar-refractivity contribution in [3.63, 3.8) is 0 Å². The Morgan fingerprint density at radius 3 is 1.68 bits per heavy atom. The number of hydrogen-bond donors (Lipinski definition) is 10. The monoisotopic (exact) mass is 530 g/mol. The van der Waals surface area contributed by atoms with Crippen LogP contribution in [-0.2, 0) is 24.0 Å². The number of guanidine groups is 2. The van der Waals surface area contributed by atoms with E-state index in [1.165, 1.54) is 6.92 Å². The molecule has 0 aromatic carbocycles. The molecule has 0 fully saturated rings. The van der Waals surface area contributed by atoms with Gasteiger partial charge in [-0.25, -0.2) is 4.79 Å². The molecule has 0 radical (unpaired) electrons. The third-order valence-electron chi connectivity index (χ3n) is 4.90. The third-order valence-corrected chi connectivity index (χ3v) is 4.90. The zero-order valence-electron chi connectivity index (χ0n) is 20.7. The first kappa shape index (κ1) is 32.9. The molecule has 0 aliphatic rings. The Hall–Kier alpha value is -4.15. The summed E-state index contributed by atoms with van der Waals surface area (Å²) < 4.78 is 0. The van der Waals surface area contributed by atoms with Gasteiger partial charge in [-0.05, 0) is 39.0 Å². The number of carboxylic acid groups (broad SMARTS) is 2. The molecular formula is C20H38N10O7. The van der Waals surface area contributed by atoms with Crippen molar-refractivity contribution in [3.8, 4) is 0 Å². The summed E-state index contributed by atoms with van der Waals surface area (Å²) in [7, 11) is 0. The van der Waals surface area contributed by atoms with Crippen LogP contribution in [0.1, 0.15) is 45.4 Å². The number of amides is 3. The van der Waals surface area contributed by atoms with Crippen molar-refractivity contribution >= 4 is 41.6 Å². The second-order valence-electron chi connectivity index (χ2n) is 8.13. The van der Waals surface area contributed by atoms with Crippen molar-refractivity contribution in [1.82, 2.24) is 16.0 Å². The number of carboxylic acids is 2. The Morgan fingerprint density at radius 2 is 1.22 bits per heavy atom. The Labute approximate surface area is 213 Å². The summed E-state index contributed by atoms with van der Waals surface area (Å²) >= 11 is 0. The standard InChI is InChI=1S/C20H38N10O7/c1-10(15(33)30-13(18(36)37)5-3-9-27-20(24)25)28-17(35)12(4-2-8-26-19(22)23)29-16(34)11(21)6-7-14(31)32/h10-13H,2-9,21H2,1H3,(H,28,35)(H,29,34)(H,30,33)(H,31,32)(H,36,37)(H4,22,23,26)(H4,24,25,27). The molecule has 0 saturated carbocycles. The first-order valence-corrected chi connectivity index (χ1v) is 11.5. The van der Waals surface area contributed by atoms with E-state index >= 15 is 0 Å². The van der Waals surface area contributed by atoms with E-state index < -0.39 is 53.8 Å². The van der Waals surface area contributed by atoms with Crippen LogP contribution in [0, 0.1) is 0 Å². The van der Waals surface area contributed by atoms with E-state index in [1.807, 2.05) is 0 Å². The Kier molecular flexibility index (Phi) is 15.4. The van der Waals surface area contributed by atoms with Crippen LogP contribution in [0.5, 0.6) is 0 Å². The second kappa shape index (κ2) is 17.3. The lowest BCUT2D eigenvalue weighted by molar-refractivity contribution is -0.142. The molecule has 0 bridgehead atoms. The zero-order chi connectivity index (χ0) is 28.5. The largest absolute Gasteiger partial charge is 0.481 e. The highest BCUT2D eigenvalue weighted by Gasteiger charge is 2.28. The van der Waals surface area contributed by atoms with Crippen LogP contribution in [-0.4, -0.2) is 89.0 Å². The summed E-state index contributed by atoms with van der Waals surface area (Å²) in [4.78, 5) is 67.4. The lowest BCUT2D eigenvalue weighted by Gasteiger charge is -2.23. The zero-order valence-corrected chi connectivity index (χ0v) is 20.7. The fourth-order valence-corrected chi connectivity index (χ4v) is 2.90. The van der Waals surface area contributed by atoms with Crippen LogP contribution in [0.15, 0.2) is 9.98 Å². The molecule has 17 nitrogen and oxygen atoms in total. The van der Waals surface area contributed by atoms with Crippen molar-refractivity contribution < 1.29 is 34.2 Å². The van der Waals surface area contributed by atoms with Crippen molar-refractivity contribution in [2.45, 2.75) is 69.6 Å². The van der Waals surface area contributed by atoms with E-state index in [1.54, 1.807) is 0 Å². The molecule has 37 heavy (non-hydrogen) atoms. The fraction of sp³-hybridized carbons (Fsp3) is 0.650. The number of carbonyl (C=O) groups excluding carboxylic acids is 3. The van der Waals surface area contributed by atoms with Crippen LogP contribution in [0.3, 0.4) is 0 Å². The van der Waals surface area contributed by atoms with Gasteiger partial charge in [-0.15, -0.1) is 0 Å². The van der Waals surface area contributed by atoms with Gasteiger partial charge in [0.25, 0.3) is 0 Å². The molecule has 0 aromatic rings. The Bertz CT molecular complexity index is 856. The summed E-state index contributed by atoms with van der Waals surface area (Å²) in [6.07, 6.45) is 0.166. The fourth-order valence-electron chi connectivity index (χ4n) is 2.90. The number of nitrogens with two attached hydrogens (primary N) is 5. The first-order chi connectivity index (χ1) is 17.2. The summed E-state index contributed by atoms with van der Waals surface area (Å²) in [5, 5.41) is 25.3. The van der Waals surface area contributed by atoms with Crippen molar-refractivity contribution in [2.24, 2.45) is 38.7 Å². The number of nitrogens with zero attached hydrogens (tertiary/aromatic N) is 2. The van der Waals surface area contributed by atoms with Gasteiger partial charge in [-0.1, -0.05) is 0 Å². The Morgan fingerprint density at radius 1 is 0.730 bits per heavy atom. The van der Waals surface area contributed by atoms with E-state index in [-0.39, 0.29) is 63.5 Å². The molecule has 15 N–H and O–H groups in total. The van der Waals surface area contributed by atoms with Crippen LogP contribution < -0.4 is 44.6 Å². The predicted molar refractivity (Wildman–Crippen MR) is 134 cm³/mol. The van der Waals surface area contributed by atoms with Gasteiger partial charge in [0.05, 0.1) is 6.04 Å². The summed E-state index contributed by atoms with van der Waals surface area (Å²) in [6.45, 7) is 1.66. The molecule has 4 unspecified atom stereocenters. The van der Waals surface area contributed by atoms with Crippen molar-refractivity contribution in [2.75, 3.05) is 13.1 Å². The average Bonchev–Trinajstić information content (AvgIpc) is 2.80. The minimum atomic E-state index is -1.28. The van der Waals surface area contributed by atoms with E-state index in [2.05, 4.69) is 25.9 Å². The lowest BCUT2D eigenvalue weighted by Crippen LogP contribution is -2.56. The van der Waals surface area contributed by atoms with E-state index in [9.17, 15) is 29.1 Å². The van der Waals surface area contributed by atoms with Crippen LogP contribution in [0.4, 0.5) is 0 Å². The number of nitrogens with one attached hydrogen (secondary N) is 3. The molecule has 3 amide bonds. The molecule has 0 aliphatic carbocycles. The van der Waals surface area contributed by atoms with Gasteiger partial charge >= 0.3 is 11.9 Å². The number of carbonyl (C=O) groups is 5. The van der Waals surface area contributed by atoms with Crippen LogP contribution in [0.2, 0.25) is 0 Å². The smallest absolute Gasteiger partial charge is 0.326 e. The number of aliphatic imine (C=N–C) groups is 2. The van der Waals surface area contributed by atoms with Gasteiger partial charge in [-0.2, -0.15) is 0 Å². The molecule has 0 heterocycles. The SMILES string of the molecule is CC(NC(=O)C(CCCN=C(N)N)NC(=O)C(N)CCC(=O)O)C(=O)NC(CCCN=C(N)N)C(=O)O. The number of hydrogen-bond acceptors (Lipinski definition) is 8. The van der Waals surface area contributed by atoms with Gasteiger partial charge in [0.2, 0.25) is 17.7 Å². The van der Waals surface area contributed by atoms with Crippen molar-refractivity contribution in [1.29, 1.82) is 0 Å². The topological polar surface area (TPSA) is 317 Å². The molecule has 0 rings (SSSR count). The normalized spacial score (nSPS) is 13.7. The molecule has 210 valence electrons. The third kappa shape index (κ3) is 15.5. The maximum Gasteiger partial charge on any atom is 0.326 e. The predicted octanol–water partition coefficient (Wildman–Crippen LogP) is -4.16. The minimum absolute atomic E-state index is 0.0379. The number of rotatable bonds is 18. The lowest BCUT2D eigenvalue weighted by atomic mass is 10.1. The quantitative estimate of drug-likeness (QED) is 0.0458. The molecular weight excluding hydrogens is 492 g/mol. The van der Waals surface area contributed by atoms with E-state index in [0.29, 0.717) is 0 Å². The molecule has 4 atom stereocenters. The molecule has 17 heteroatoms. The van der Waals surface area contributed by atoms with Gasteiger partial charge in [0, 0.05) is 19.5 Å². The highest BCUT2D eigenvalue weighted by atomic mass is 16.4. The summed E-state index contributed by atoms with van der Waals surface area (Å²) in [5.74, 6) is -4.99. The van der Waals surface area contributed by atoms with Crippen LogP contribution in [0.25, 0.3) is 0 Å². The first-order valence-electron chi connectivity index (χ1n) is 11.5. The summed E-state index contributed by atoms with van der Waals surface area (Å²) in [5.41, 5.74) is 26.7. The Balaban J connectivity index is 5.18. The van der Waals surface area contributed by atoms with Gasteiger partial charge in [-0.3, -0.25) is 29.2 Å². The van der Waals surface area contributed by atoms with Gasteiger partial charge in [0.15, 0.2) is 11.9 Å². The minimum Gasteiger partial charge on any atom is -0.481 e. The van der Waals surface area contributed by atoms with Crippen molar-refractivity contribution in [3.05, 3.63) is 0 Å². The molecule has 0 saturated heterocycles. The van der Waals surface area contributed by atoms with E-state index in [4.69, 9.17) is 33.8 Å². The highest BCUT2D eigenvalue weighted by Crippen LogP contribution is 2.04. The molecule has 0 aromatic heterocycles. The summed E-state index contributed by atoms with van der Waals surface area (Å²) in [6, 6.07) is -4.74. The van der Waals surface area contributed by atoms with E-state index in [0.717, 1.165) is 0 Å². The maximum absolute atomic E-state index is 12.8. The average molecular weight is 531 g/mol. The molecule has 0 spiro atoms. The number of aliphatic carboxylic acids is 2. The molecule has 0 aliphatic heterocycles.